The van der Waals surface area contributed by atoms with Gasteiger partial charge in [-0.1, -0.05) is 13.8 Å². The molecule has 1 rings (SSSR count). The van der Waals surface area contributed by atoms with Crippen LogP contribution < -0.4 is 10.6 Å². The third-order valence-corrected chi connectivity index (χ3v) is 2.49. The summed E-state index contributed by atoms with van der Waals surface area (Å²) in [5.41, 5.74) is 0.933. The molecule has 1 amide bonds. The van der Waals surface area contributed by atoms with Crippen LogP contribution in [0.1, 0.15) is 42.7 Å². The molecule has 0 unspecified atom stereocenters. The molecular formula is C13H19N3O3. The number of amides is 1. The third kappa shape index (κ3) is 4.95. The van der Waals surface area contributed by atoms with Gasteiger partial charge >= 0.3 is 5.97 Å². The van der Waals surface area contributed by atoms with Crippen molar-refractivity contribution in [1.29, 1.82) is 0 Å². The van der Waals surface area contributed by atoms with Crippen molar-refractivity contribution >= 4 is 17.7 Å². The average Bonchev–Trinajstić information content (AvgIpc) is 2.34. The Labute approximate surface area is 112 Å². The van der Waals surface area contributed by atoms with E-state index in [1.807, 2.05) is 13.8 Å². The Morgan fingerprint density at radius 1 is 1.32 bits per heavy atom. The standard InChI is InChI=1S/C13H19N3O3/c1-8(2)11-6-10(13(18)19)7-12(16-11)15-5-4-14-9(3)17/h6-8H,4-5H2,1-3H3,(H,14,17)(H,15,16)(H,18,19). The first-order valence-corrected chi connectivity index (χ1v) is 6.13. The molecular weight excluding hydrogens is 246 g/mol. The highest BCUT2D eigenvalue weighted by molar-refractivity contribution is 5.88. The van der Waals surface area contributed by atoms with Crippen molar-refractivity contribution in [1.82, 2.24) is 10.3 Å². The number of carbonyl (C=O) groups is 2. The predicted molar refractivity (Wildman–Crippen MR) is 72.5 cm³/mol. The second-order valence-corrected chi connectivity index (χ2v) is 4.54. The Balaban J connectivity index is 2.76. The Morgan fingerprint density at radius 3 is 2.53 bits per heavy atom. The summed E-state index contributed by atoms with van der Waals surface area (Å²) >= 11 is 0. The quantitative estimate of drug-likeness (QED) is 0.677. The monoisotopic (exact) mass is 265 g/mol. The SMILES string of the molecule is CC(=O)NCCNc1cc(C(=O)O)cc(C(C)C)n1. The van der Waals surface area contributed by atoms with Crippen LogP contribution >= 0.6 is 0 Å². The zero-order valence-electron chi connectivity index (χ0n) is 11.4. The summed E-state index contributed by atoms with van der Waals surface area (Å²) in [5, 5.41) is 14.7. The number of hydrogen-bond donors (Lipinski definition) is 3. The summed E-state index contributed by atoms with van der Waals surface area (Å²) < 4.78 is 0. The predicted octanol–water partition coefficient (Wildman–Crippen LogP) is 1.45. The molecule has 19 heavy (non-hydrogen) atoms. The van der Waals surface area contributed by atoms with Crippen molar-refractivity contribution in [3.63, 3.8) is 0 Å². The van der Waals surface area contributed by atoms with Gasteiger partial charge in [0.2, 0.25) is 5.91 Å². The summed E-state index contributed by atoms with van der Waals surface area (Å²) in [6, 6.07) is 3.06. The van der Waals surface area contributed by atoms with Crippen LogP contribution in [0.4, 0.5) is 5.82 Å². The number of carboxylic acids is 1. The molecule has 6 heteroatoms. The Hall–Kier alpha value is -2.11. The number of carboxylic acid groups (broad SMARTS) is 1. The molecule has 1 heterocycles. The number of hydrogen-bond acceptors (Lipinski definition) is 4. The van der Waals surface area contributed by atoms with Crippen LogP contribution in [-0.2, 0) is 4.79 Å². The van der Waals surface area contributed by atoms with Gasteiger partial charge in [0, 0.05) is 25.7 Å². The minimum absolute atomic E-state index is 0.100. The summed E-state index contributed by atoms with van der Waals surface area (Å²) in [7, 11) is 0. The van der Waals surface area contributed by atoms with Crippen LogP contribution in [0, 0.1) is 0 Å². The number of rotatable bonds is 6. The number of nitrogens with zero attached hydrogens (tertiary/aromatic N) is 1. The highest BCUT2D eigenvalue weighted by Gasteiger charge is 2.10. The van der Waals surface area contributed by atoms with Gasteiger partial charge in [0.05, 0.1) is 5.56 Å². The van der Waals surface area contributed by atoms with Crippen LogP contribution in [-0.4, -0.2) is 35.1 Å². The minimum atomic E-state index is -0.978. The zero-order chi connectivity index (χ0) is 14.4. The maximum Gasteiger partial charge on any atom is 0.335 e. The second-order valence-electron chi connectivity index (χ2n) is 4.54. The molecule has 6 nitrogen and oxygen atoms in total. The van der Waals surface area contributed by atoms with E-state index >= 15 is 0 Å². The van der Waals surface area contributed by atoms with E-state index in [1.54, 1.807) is 6.07 Å². The van der Waals surface area contributed by atoms with Gasteiger partial charge in [-0.2, -0.15) is 0 Å². The lowest BCUT2D eigenvalue weighted by atomic mass is 10.1. The molecule has 0 aromatic carbocycles. The fourth-order valence-electron chi connectivity index (χ4n) is 1.49. The van der Waals surface area contributed by atoms with Crippen LogP contribution in [0.25, 0.3) is 0 Å². The lowest BCUT2D eigenvalue weighted by Crippen LogP contribution is -2.26. The van der Waals surface area contributed by atoms with Crippen LogP contribution in [0.5, 0.6) is 0 Å². The first-order valence-electron chi connectivity index (χ1n) is 6.13. The summed E-state index contributed by atoms with van der Waals surface area (Å²) in [5.74, 6) is -0.421. The molecule has 3 N–H and O–H groups in total. The van der Waals surface area contributed by atoms with Crippen molar-refractivity contribution in [2.45, 2.75) is 26.7 Å². The van der Waals surface area contributed by atoms with Gasteiger partial charge < -0.3 is 15.7 Å². The Morgan fingerprint density at radius 2 is 2.00 bits per heavy atom. The average molecular weight is 265 g/mol. The fourth-order valence-corrected chi connectivity index (χ4v) is 1.49. The molecule has 0 saturated carbocycles. The Bertz CT molecular complexity index is 472. The van der Waals surface area contributed by atoms with Crippen LogP contribution in [0.3, 0.4) is 0 Å². The van der Waals surface area contributed by atoms with Crippen molar-refractivity contribution in [2.75, 3.05) is 18.4 Å². The molecule has 0 aliphatic rings. The zero-order valence-corrected chi connectivity index (χ0v) is 11.4. The summed E-state index contributed by atoms with van der Waals surface area (Å²) in [4.78, 5) is 26.1. The molecule has 1 aromatic heterocycles. The van der Waals surface area contributed by atoms with E-state index in [0.717, 1.165) is 5.69 Å². The van der Waals surface area contributed by atoms with Gasteiger partial charge in [-0.15, -0.1) is 0 Å². The fraction of sp³-hybridized carbons (Fsp3) is 0.462. The van der Waals surface area contributed by atoms with E-state index < -0.39 is 5.97 Å². The lowest BCUT2D eigenvalue weighted by Gasteiger charge is -2.11. The van der Waals surface area contributed by atoms with Crippen molar-refractivity contribution in [3.05, 3.63) is 23.4 Å². The van der Waals surface area contributed by atoms with Gasteiger partial charge in [-0.25, -0.2) is 9.78 Å². The van der Waals surface area contributed by atoms with Crippen LogP contribution in [0.2, 0.25) is 0 Å². The molecule has 0 fully saturated rings. The van der Waals surface area contributed by atoms with Crippen molar-refractivity contribution in [2.24, 2.45) is 0 Å². The molecule has 0 aliphatic carbocycles. The smallest absolute Gasteiger partial charge is 0.335 e. The number of aromatic carboxylic acids is 1. The lowest BCUT2D eigenvalue weighted by molar-refractivity contribution is -0.118. The molecule has 0 spiro atoms. The van der Waals surface area contributed by atoms with E-state index in [-0.39, 0.29) is 17.4 Å². The van der Waals surface area contributed by atoms with Crippen LogP contribution in [0.15, 0.2) is 12.1 Å². The number of carbonyl (C=O) groups excluding carboxylic acids is 1. The van der Waals surface area contributed by atoms with Crippen molar-refractivity contribution in [3.8, 4) is 0 Å². The molecule has 0 atom stereocenters. The largest absolute Gasteiger partial charge is 0.478 e. The minimum Gasteiger partial charge on any atom is -0.478 e. The van der Waals surface area contributed by atoms with E-state index in [1.165, 1.54) is 13.0 Å². The normalized spacial score (nSPS) is 10.3. The molecule has 1 aromatic rings. The highest BCUT2D eigenvalue weighted by atomic mass is 16.4. The number of anilines is 1. The summed E-state index contributed by atoms with van der Waals surface area (Å²) in [6.07, 6.45) is 0. The van der Waals surface area contributed by atoms with Gasteiger partial charge in [-0.05, 0) is 18.1 Å². The Kier molecular flexibility index (Phi) is 5.29. The second kappa shape index (κ2) is 6.72. The summed E-state index contributed by atoms with van der Waals surface area (Å²) in [6.45, 7) is 6.31. The third-order valence-electron chi connectivity index (χ3n) is 2.49. The van der Waals surface area contributed by atoms with Gasteiger partial charge in [0.15, 0.2) is 0 Å². The topological polar surface area (TPSA) is 91.3 Å². The maximum atomic E-state index is 11.0. The first kappa shape index (κ1) is 14.9. The van der Waals surface area contributed by atoms with E-state index in [2.05, 4.69) is 15.6 Å². The first-order chi connectivity index (χ1) is 8.90. The molecule has 104 valence electrons. The van der Waals surface area contributed by atoms with Gasteiger partial charge in [0.1, 0.15) is 5.82 Å². The highest BCUT2D eigenvalue weighted by Crippen LogP contribution is 2.17. The van der Waals surface area contributed by atoms with Crippen molar-refractivity contribution < 1.29 is 14.7 Å². The van der Waals surface area contributed by atoms with E-state index in [9.17, 15) is 9.59 Å². The molecule has 0 aliphatic heterocycles. The van der Waals surface area contributed by atoms with Gasteiger partial charge in [0.25, 0.3) is 0 Å². The van der Waals surface area contributed by atoms with E-state index in [0.29, 0.717) is 18.9 Å². The molecule has 0 saturated heterocycles. The number of pyridine rings is 1. The molecule has 0 bridgehead atoms. The van der Waals surface area contributed by atoms with Gasteiger partial charge in [-0.3, -0.25) is 4.79 Å². The van der Waals surface area contributed by atoms with E-state index in [4.69, 9.17) is 5.11 Å². The number of nitrogens with one attached hydrogen (secondary N) is 2. The molecule has 0 radical (unpaired) electrons. The maximum absolute atomic E-state index is 11.0. The number of aromatic nitrogens is 1.